The molecule has 0 fully saturated rings. The third-order valence-electron chi connectivity index (χ3n) is 4.81. The molecule has 4 rings (SSSR count). The van der Waals surface area contributed by atoms with Crippen LogP contribution in [0.2, 0.25) is 0 Å². The molecule has 6 nitrogen and oxygen atoms in total. The summed E-state index contributed by atoms with van der Waals surface area (Å²) >= 11 is 0. The lowest BCUT2D eigenvalue weighted by Gasteiger charge is -2.38. The van der Waals surface area contributed by atoms with Crippen molar-refractivity contribution in [3.8, 4) is 0 Å². The van der Waals surface area contributed by atoms with Crippen LogP contribution >= 0.6 is 0 Å². The number of hydrogen-bond donors (Lipinski definition) is 3. The van der Waals surface area contributed by atoms with Crippen molar-refractivity contribution in [1.29, 1.82) is 0 Å². The first-order valence-corrected chi connectivity index (χ1v) is 8.78. The summed E-state index contributed by atoms with van der Waals surface area (Å²) in [6, 6.07) is 13.6. The first kappa shape index (κ1) is 17.0. The van der Waals surface area contributed by atoms with E-state index < -0.39 is 12.2 Å². The maximum Gasteiger partial charge on any atom is 0.113 e. The first-order valence-electron chi connectivity index (χ1n) is 8.78. The number of H-pyrrole nitrogens is 1. The summed E-state index contributed by atoms with van der Waals surface area (Å²) in [4.78, 5) is 7.90. The van der Waals surface area contributed by atoms with E-state index in [0.717, 1.165) is 33.7 Å². The summed E-state index contributed by atoms with van der Waals surface area (Å²) in [6.07, 6.45) is -1.17. The van der Waals surface area contributed by atoms with Crippen LogP contribution in [0, 0.1) is 6.92 Å². The summed E-state index contributed by atoms with van der Waals surface area (Å²) in [5, 5.41) is 14.5. The van der Waals surface area contributed by atoms with Gasteiger partial charge < -0.3 is 24.9 Å². The number of anilines is 1. The molecule has 3 aromatic rings. The van der Waals surface area contributed by atoms with E-state index in [4.69, 9.17) is 9.47 Å². The van der Waals surface area contributed by atoms with E-state index >= 15 is 0 Å². The maximum atomic E-state index is 11.0. The molecule has 1 aliphatic heterocycles. The number of aliphatic hydroxyl groups excluding tert-OH is 1. The Hall–Kier alpha value is -2.41. The topological polar surface area (TPSA) is 79.4 Å². The minimum absolute atomic E-state index is 0.279. The zero-order valence-electron chi connectivity index (χ0n) is 14.9. The van der Waals surface area contributed by atoms with Gasteiger partial charge in [0.25, 0.3) is 0 Å². The van der Waals surface area contributed by atoms with E-state index in [1.165, 1.54) is 0 Å². The molecule has 0 saturated heterocycles. The number of aliphatic hydroxyl groups is 1. The van der Waals surface area contributed by atoms with Crippen molar-refractivity contribution in [1.82, 2.24) is 9.97 Å². The van der Waals surface area contributed by atoms with Crippen LogP contribution in [-0.4, -0.2) is 41.5 Å². The van der Waals surface area contributed by atoms with Gasteiger partial charge in [0.05, 0.1) is 30.5 Å². The van der Waals surface area contributed by atoms with Crippen LogP contribution in [0.4, 0.5) is 5.69 Å². The summed E-state index contributed by atoms with van der Waals surface area (Å²) in [6.45, 7) is 2.83. The van der Waals surface area contributed by atoms with Crippen LogP contribution < -0.4 is 5.32 Å². The van der Waals surface area contributed by atoms with E-state index in [2.05, 4.69) is 15.3 Å². The van der Waals surface area contributed by atoms with Crippen molar-refractivity contribution in [2.24, 2.45) is 0 Å². The standard InChI is InChI=1S/C20H23N3O3/c1-12-21-15-9-8-14-17(18(15)22-12)23-16(13-6-4-3-5-7-13)19(24)20(14)26-11-10-25-2/h3-9,16,19-20,23-24H,10-11H2,1-2H3,(H,21,22). The Morgan fingerprint density at radius 2 is 1.92 bits per heavy atom. The molecule has 0 saturated carbocycles. The Labute approximate surface area is 152 Å². The fraction of sp³-hybridized carbons (Fsp3) is 0.350. The minimum atomic E-state index is -0.723. The summed E-state index contributed by atoms with van der Waals surface area (Å²) < 4.78 is 11.1. The van der Waals surface area contributed by atoms with Gasteiger partial charge in [-0.05, 0) is 18.6 Å². The summed E-state index contributed by atoms with van der Waals surface area (Å²) in [5.74, 6) is 0.856. The molecule has 2 aromatic carbocycles. The van der Waals surface area contributed by atoms with Gasteiger partial charge >= 0.3 is 0 Å². The number of imidazole rings is 1. The smallest absolute Gasteiger partial charge is 0.113 e. The molecule has 3 N–H and O–H groups in total. The zero-order valence-corrected chi connectivity index (χ0v) is 14.9. The van der Waals surface area contributed by atoms with E-state index in [9.17, 15) is 5.11 Å². The predicted octanol–water partition coefficient (Wildman–Crippen LogP) is 3.10. The molecular weight excluding hydrogens is 330 g/mol. The Bertz CT molecular complexity index is 894. The largest absolute Gasteiger partial charge is 0.388 e. The fourth-order valence-electron chi connectivity index (χ4n) is 3.59. The second-order valence-corrected chi connectivity index (χ2v) is 6.56. The van der Waals surface area contributed by atoms with Gasteiger partial charge in [-0.1, -0.05) is 36.4 Å². The molecular formula is C20H23N3O3. The van der Waals surface area contributed by atoms with Crippen molar-refractivity contribution in [2.75, 3.05) is 25.6 Å². The molecule has 0 amide bonds. The van der Waals surface area contributed by atoms with Crippen LogP contribution in [0.3, 0.4) is 0 Å². The summed E-state index contributed by atoms with van der Waals surface area (Å²) in [7, 11) is 1.64. The average molecular weight is 353 g/mol. The Kier molecular flexibility index (Phi) is 4.63. The monoisotopic (exact) mass is 353 g/mol. The number of fused-ring (bicyclic) bond motifs is 3. The minimum Gasteiger partial charge on any atom is -0.388 e. The molecule has 0 radical (unpaired) electrons. The Balaban J connectivity index is 1.80. The van der Waals surface area contributed by atoms with Crippen LogP contribution in [0.25, 0.3) is 11.0 Å². The Morgan fingerprint density at radius 1 is 1.12 bits per heavy atom. The molecule has 1 aromatic heterocycles. The molecule has 3 unspecified atom stereocenters. The van der Waals surface area contributed by atoms with Crippen molar-refractivity contribution in [2.45, 2.75) is 25.2 Å². The van der Waals surface area contributed by atoms with Crippen molar-refractivity contribution in [3.05, 3.63) is 59.4 Å². The van der Waals surface area contributed by atoms with Gasteiger partial charge in [-0.15, -0.1) is 0 Å². The lowest BCUT2D eigenvalue weighted by molar-refractivity contribution is -0.0633. The maximum absolute atomic E-state index is 11.0. The molecule has 1 aliphatic rings. The highest BCUT2D eigenvalue weighted by molar-refractivity contribution is 5.91. The zero-order chi connectivity index (χ0) is 18.1. The van der Waals surface area contributed by atoms with Gasteiger partial charge in [-0.3, -0.25) is 0 Å². The molecule has 2 heterocycles. The number of hydrogen-bond acceptors (Lipinski definition) is 5. The van der Waals surface area contributed by atoms with Crippen LogP contribution in [-0.2, 0) is 9.47 Å². The normalized spacial score (nSPS) is 22.2. The number of aromatic nitrogens is 2. The number of benzene rings is 2. The van der Waals surface area contributed by atoms with E-state index in [-0.39, 0.29) is 6.04 Å². The number of ether oxygens (including phenoxy) is 2. The fourth-order valence-corrected chi connectivity index (χ4v) is 3.59. The first-order chi connectivity index (χ1) is 12.7. The number of rotatable bonds is 5. The number of methoxy groups -OCH3 is 1. The molecule has 0 bridgehead atoms. The second-order valence-electron chi connectivity index (χ2n) is 6.56. The van der Waals surface area contributed by atoms with Gasteiger partial charge in [-0.2, -0.15) is 0 Å². The van der Waals surface area contributed by atoms with Gasteiger partial charge in [0, 0.05) is 12.7 Å². The molecule has 6 heteroatoms. The third kappa shape index (κ3) is 2.96. The van der Waals surface area contributed by atoms with E-state index in [1.54, 1.807) is 7.11 Å². The van der Waals surface area contributed by atoms with Gasteiger partial charge in [0.15, 0.2) is 0 Å². The highest BCUT2D eigenvalue weighted by atomic mass is 16.5. The lowest BCUT2D eigenvalue weighted by Crippen LogP contribution is -2.37. The molecule has 0 spiro atoms. The van der Waals surface area contributed by atoms with Crippen LogP contribution in [0.15, 0.2) is 42.5 Å². The lowest BCUT2D eigenvalue weighted by atomic mass is 9.88. The van der Waals surface area contributed by atoms with Crippen molar-refractivity contribution < 1.29 is 14.6 Å². The third-order valence-corrected chi connectivity index (χ3v) is 4.81. The molecule has 3 atom stereocenters. The molecule has 0 aliphatic carbocycles. The van der Waals surface area contributed by atoms with Gasteiger partial charge in [0.2, 0.25) is 0 Å². The Morgan fingerprint density at radius 3 is 2.69 bits per heavy atom. The highest BCUT2D eigenvalue weighted by Gasteiger charge is 2.38. The van der Waals surface area contributed by atoms with Crippen molar-refractivity contribution in [3.63, 3.8) is 0 Å². The van der Waals surface area contributed by atoms with Crippen LogP contribution in [0.5, 0.6) is 0 Å². The highest BCUT2D eigenvalue weighted by Crippen LogP contribution is 2.43. The van der Waals surface area contributed by atoms with Crippen LogP contribution in [0.1, 0.15) is 29.1 Å². The summed E-state index contributed by atoms with van der Waals surface area (Å²) in [5.41, 5.74) is 4.67. The number of aromatic amines is 1. The molecule has 136 valence electrons. The van der Waals surface area contributed by atoms with Gasteiger partial charge in [0.1, 0.15) is 23.5 Å². The number of nitrogens with zero attached hydrogens (tertiary/aromatic N) is 1. The van der Waals surface area contributed by atoms with Crippen molar-refractivity contribution >= 4 is 16.7 Å². The predicted molar refractivity (Wildman–Crippen MR) is 100 cm³/mol. The quantitative estimate of drug-likeness (QED) is 0.614. The average Bonchev–Trinajstić information content (AvgIpc) is 3.04. The second kappa shape index (κ2) is 7.07. The van der Waals surface area contributed by atoms with Gasteiger partial charge in [-0.25, -0.2) is 4.98 Å². The SMILES string of the molecule is COCCOC1c2ccc3[nH]c(C)nc3c2NC(c2ccccc2)C1O. The van der Waals surface area contributed by atoms with E-state index in [0.29, 0.717) is 13.2 Å². The number of aryl methyl sites for hydroxylation is 1. The number of nitrogens with one attached hydrogen (secondary N) is 2. The molecule has 26 heavy (non-hydrogen) atoms. The van der Waals surface area contributed by atoms with E-state index in [1.807, 2.05) is 49.4 Å².